The summed E-state index contributed by atoms with van der Waals surface area (Å²) in [4.78, 5) is 14.5. The summed E-state index contributed by atoms with van der Waals surface area (Å²) >= 11 is 0. The Morgan fingerprint density at radius 2 is 1.94 bits per heavy atom. The van der Waals surface area contributed by atoms with Crippen molar-refractivity contribution < 1.29 is 29.0 Å². The van der Waals surface area contributed by atoms with E-state index in [0.29, 0.717) is 12.5 Å². The average Bonchev–Trinajstić information content (AvgIpc) is 3.11. The van der Waals surface area contributed by atoms with Crippen LogP contribution in [0.4, 0.5) is 0 Å². The highest BCUT2D eigenvalue weighted by molar-refractivity contribution is 5.76. The molecule has 33 heavy (non-hydrogen) atoms. The van der Waals surface area contributed by atoms with Crippen LogP contribution >= 0.6 is 0 Å². The van der Waals surface area contributed by atoms with Crippen LogP contribution in [0, 0.1) is 23.2 Å². The molecule has 1 aromatic carbocycles. The van der Waals surface area contributed by atoms with Crippen molar-refractivity contribution in [3.63, 3.8) is 0 Å². The fraction of sp³-hybridized carbons (Fsp3) is 0.667. The predicted molar refractivity (Wildman–Crippen MR) is 124 cm³/mol. The number of methoxy groups -OCH3 is 2. The summed E-state index contributed by atoms with van der Waals surface area (Å²) in [6.45, 7) is 8.31. The Hall–Kier alpha value is -2.05. The average molecular weight is 457 g/mol. The largest absolute Gasteiger partial charge is 0.493 e. The van der Waals surface area contributed by atoms with Crippen LogP contribution in [0.1, 0.15) is 57.2 Å². The number of rotatable bonds is 4. The van der Waals surface area contributed by atoms with E-state index < -0.39 is 6.10 Å². The molecule has 0 bridgehead atoms. The van der Waals surface area contributed by atoms with Crippen molar-refractivity contribution in [1.29, 1.82) is 0 Å². The van der Waals surface area contributed by atoms with Crippen molar-refractivity contribution in [3.05, 3.63) is 34.9 Å². The van der Waals surface area contributed by atoms with Gasteiger partial charge in [-0.05, 0) is 43.4 Å². The number of esters is 1. The minimum absolute atomic E-state index is 0.127. The molecule has 2 aliphatic carbocycles. The van der Waals surface area contributed by atoms with E-state index >= 15 is 0 Å². The van der Waals surface area contributed by atoms with E-state index in [-0.39, 0.29) is 35.4 Å². The lowest BCUT2D eigenvalue weighted by Gasteiger charge is -2.51. The molecule has 5 rings (SSSR count). The quantitative estimate of drug-likeness (QED) is 0.538. The van der Waals surface area contributed by atoms with Gasteiger partial charge in [0.2, 0.25) is 0 Å². The van der Waals surface area contributed by atoms with Crippen LogP contribution in [0.3, 0.4) is 0 Å². The first-order valence-electron chi connectivity index (χ1n) is 12.5. The third-order valence-electron chi connectivity index (χ3n) is 9.49. The molecular weight excluding hydrogens is 418 g/mol. The van der Waals surface area contributed by atoms with Gasteiger partial charge in [0, 0.05) is 29.7 Å². The maximum absolute atomic E-state index is 13.1. The third kappa shape index (κ3) is 3.40. The number of hydrogen-bond donors (Lipinski definition) is 2. The number of hydrogen-bond acceptors (Lipinski definition) is 5. The highest BCUT2D eigenvalue weighted by atomic mass is 16.6. The van der Waals surface area contributed by atoms with Crippen molar-refractivity contribution in [2.24, 2.45) is 23.2 Å². The minimum Gasteiger partial charge on any atom is -0.493 e. The summed E-state index contributed by atoms with van der Waals surface area (Å²) < 4.78 is 16.9. The number of carbonyl (C=O) groups excluding carboxylic acids is 1. The molecule has 2 N–H and O–H groups in total. The van der Waals surface area contributed by atoms with Gasteiger partial charge in [-0.3, -0.25) is 4.79 Å². The molecule has 0 aromatic heterocycles. The smallest absolute Gasteiger partial charge is 0.315 e. The first kappa shape index (κ1) is 22.7. The van der Waals surface area contributed by atoms with E-state index in [2.05, 4.69) is 39.0 Å². The van der Waals surface area contributed by atoms with Gasteiger partial charge in [-0.15, -0.1) is 0 Å². The lowest BCUT2D eigenvalue weighted by Crippen LogP contribution is -3.14. The van der Waals surface area contributed by atoms with Gasteiger partial charge in [-0.2, -0.15) is 0 Å². The molecule has 2 heterocycles. The molecule has 0 amide bonds. The first-order chi connectivity index (χ1) is 15.8. The molecule has 1 saturated heterocycles. The fourth-order valence-corrected chi connectivity index (χ4v) is 7.15. The molecule has 1 saturated carbocycles. The number of aliphatic hydroxyl groups excluding tert-OH is 1. The number of benzene rings is 1. The number of fused-ring (bicyclic) bond motifs is 3. The zero-order chi connectivity index (χ0) is 23.5. The summed E-state index contributed by atoms with van der Waals surface area (Å²) in [5.41, 5.74) is 3.56. The number of carbonyl (C=O) groups is 1. The normalized spacial score (nSPS) is 39.6. The molecular formula is C27H38NO5+. The first-order valence-corrected chi connectivity index (χ1v) is 12.5. The van der Waals surface area contributed by atoms with Crippen molar-refractivity contribution in [2.45, 2.75) is 64.7 Å². The van der Waals surface area contributed by atoms with E-state index in [4.69, 9.17) is 14.2 Å². The highest BCUT2D eigenvalue weighted by Gasteiger charge is 2.60. The van der Waals surface area contributed by atoms with E-state index in [1.165, 1.54) is 21.6 Å². The molecule has 4 aliphatic rings. The van der Waals surface area contributed by atoms with Crippen LogP contribution in [0.2, 0.25) is 0 Å². The van der Waals surface area contributed by atoms with Gasteiger partial charge < -0.3 is 24.2 Å². The van der Waals surface area contributed by atoms with E-state index in [1.54, 1.807) is 14.2 Å². The molecule has 0 spiro atoms. The number of aliphatic hydroxyl groups is 1. The van der Waals surface area contributed by atoms with Crippen LogP contribution in [-0.4, -0.2) is 50.6 Å². The van der Waals surface area contributed by atoms with Crippen LogP contribution < -0.4 is 14.4 Å². The standard InChI is InChI=1S/C27H37NO5/c1-15-7-6-8-18-12-23-24(25(29)27(15,18)3)20(26(30)33-23)14-28-10-9-17-11-21(31-4)22(32-5)13-19(17)16(28)2/h8,11,13,15-16,20,23-25,29H,6-7,9-10,12,14H2,1-5H3/p+1/t15?,16?,20?,23?,24?,25?,27-/m1/s1. The number of ether oxygens (including phenoxy) is 3. The zero-order valence-corrected chi connectivity index (χ0v) is 20.5. The molecule has 6 nitrogen and oxygen atoms in total. The topological polar surface area (TPSA) is 69.4 Å². The van der Waals surface area contributed by atoms with Gasteiger partial charge >= 0.3 is 5.97 Å². The Kier molecular flexibility index (Phi) is 5.73. The van der Waals surface area contributed by atoms with Crippen LogP contribution in [0.25, 0.3) is 0 Å². The predicted octanol–water partition coefficient (Wildman–Crippen LogP) is 2.49. The highest BCUT2D eigenvalue weighted by Crippen LogP contribution is 2.56. The van der Waals surface area contributed by atoms with E-state index in [9.17, 15) is 9.90 Å². The van der Waals surface area contributed by atoms with Crippen molar-refractivity contribution >= 4 is 5.97 Å². The maximum atomic E-state index is 13.1. The second kappa shape index (κ2) is 8.31. The van der Waals surface area contributed by atoms with E-state index in [1.807, 2.05) is 0 Å². The van der Waals surface area contributed by atoms with E-state index in [0.717, 1.165) is 43.7 Å². The van der Waals surface area contributed by atoms with Crippen LogP contribution in [0.5, 0.6) is 11.5 Å². The number of allylic oxidation sites excluding steroid dienone is 1. The second-order valence-electron chi connectivity index (χ2n) is 10.8. The van der Waals surface area contributed by atoms with Gasteiger partial charge in [0.15, 0.2) is 11.5 Å². The van der Waals surface area contributed by atoms with Gasteiger partial charge in [0.25, 0.3) is 0 Å². The van der Waals surface area contributed by atoms with Gasteiger partial charge in [0.1, 0.15) is 18.1 Å². The molecule has 2 aliphatic heterocycles. The number of nitrogens with one attached hydrogen (secondary N) is 1. The molecule has 0 radical (unpaired) electrons. The van der Waals surface area contributed by atoms with Crippen molar-refractivity contribution in [3.8, 4) is 11.5 Å². The third-order valence-corrected chi connectivity index (χ3v) is 9.49. The Bertz CT molecular complexity index is 974. The lowest BCUT2D eigenvalue weighted by atomic mass is 9.55. The van der Waals surface area contributed by atoms with Crippen LogP contribution in [0.15, 0.2) is 23.8 Å². The monoisotopic (exact) mass is 456 g/mol. The lowest BCUT2D eigenvalue weighted by molar-refractivity contribution is -0.934. The summed E-state index contributed by atoms with van der Waals surface area (Å²) in [6.07, 6.45) is 5.38. The summed E-state index contributed by atoms with van der Waals surface area (Å²) in [5.74, 6) is 1.38. The molecule has 8 atom stereocenters. The van der Waals surface area contributed by atoms with Crippen LogP contribution in [-0.2, 0) is 16.0 Å². The zero-order valence-electron chi connectivity index (χ0n) is 20.5. The fourth-order valence-electron chi connectivity index (χ4n) is 7.15. The summed E-state index contributed by atoms with van der Waals surface area (Å²) in [5, 5.41) is 11.7. The Labute approximate surface area is 196 Å². The molecule has 180 valence electrons. The summed E-state index contributed by atoms with van der Waals surface area (Å²) in [6, 6.07) is 4.40. The van der Waals surface area contributed by atoms with Gasteiger partial charge in [0.05, 0.1) is 33.4 Å². The van der Waals surface area contributed by atoms with Crippen molar-refractivity contribution in [2.75, 3.05) is 27.3 Å². The minimum atomic E-state index is -0.551. The van der Waals surface area contributed by atoms with Crippen molar-refractivity contribution in [1.82, 2.24) is 0 Å². The SMILES string of the molecule is COc1cc2c(cc1OC)C(C)[NH+](CC1C(=O)OC3CC4=CCCC(C)[C@@]4(C)C(O)C31)CC2. The Balaban J connectivity index is 1.40. The second-order valence-corrected chi connectivity index (χ2v) is 10.8. The molecule has 1 aromatic rings. The molecule has 2 fully saturated rings. The van der Waals surface area contributed by atoms with Gasteiger partial charge in [-0.25, -0.2) is 0 Å². The molecule has 7 unspecified atom stereocenters. The number of quaternary nitrogens is 1. The maximum Gasteiger partial charge on any atom is 0.315 e. The summed E-state index contributed by atoms with van der Waals surface area (Å²) in [7, 11) is 3.33. The molecule has 6 heteroatoms. The Morgan fingerprint density at radius 3 is 2.67 bits per heavy atom. The Morgan fingerprint density at radius 1 is 1.21 bits per heavy atom. The van der Waals surface area contributed by atoms with Gasteiger partial charge in [-0.1, -0.05) is 25.5 Å².